The van der Waals surface area contributed by atoms with Gasteiger partial charge in [0.15, 0.2) is 11.5 Å². The zero-order valence-corrected chi connectivity index (χ0v) is 12.4. The molecule has 1 N–H and O–H groups in total. The first-order chi connectivity index (χ1) is 10.3. The molecule has 112 valence electrons. The van der Waals surface area contributed by atoms with E-state index in [2.05, 4.69) is 15.6 Å². The van der Waals surface area contributed by atoms with Crippen molar-refractivity contribution in [3.63, 3.8) is 0 Å². The number of hydrogen-bond acceptors (Lipinski definition) is 5. The van der Waals surface area contributed by atoms with Gasteiger partial charge in [-0.3, -0.25) is 0 Å². The number of benzene rings is 1. The predicted molar refractivity (Wildman–Crippen MR) is 79.7 cm³/mol. The maximum absolute atomic E-state index is 5.33. The molecule has 2 heterocycles. The fraction of sp³-hybridized carbons (Fsp3) is 0.467. The standard InChI is InChI=1S/C15H20N4O2/c1-20-14-6-5-11(8-15(14)21-2)13-10-19(18-17-13)12-4-3-7-16-9-12/h5-6,8,10,12,16H,3-4,7,9H2,1-2H3. The van der Waals surface area contributed by atoms with Crippen LogP contribution >= 0.6 is 0 Å². The predicted octanol–water partition coefficient (Wildman–Crippen LogP) is 1.89. The van der Waals surface area contributed by atoms with Gasteiger partial charge in [-0.15, -0.1) is 5.10 Å². The minimum Gasteiger partial charge on any atom is -0.493 e. The van der Waals surface area contributed by atoms with Gasteiger partial charge in [0.25, 0.3) is 0 Å². The lowest BCUT2D eigenvalue weighted by Gasteiger charge is -2.22. The fourth-order valence-electron chi connectivity index (χ4n) is 2.64. The first kappa shape index (κ1) is 13.9. The molecule has 6 nitrogen and oxygen atoms in total. The highest BCUT2D eigenvalue weighted by Gasteiger charge is 2.17. The Hall–Kier alpha value is -2.08. The highest BCUT2D eigenvalue weighted by atomic mass is 16.5. The normalized spacial score (nSPS) is 18.5. The molecule has 21 heavy (non-hydrogen) atoms. The summed E-state index contributed by atoms with van der Waals surface area (Å²) < 4.78 is 12.5. The number of ether oxygens (including phenoxy) is 2. The van der Waals surface area contributed by atoms with E-state index < -0.39 is 0 Å². The van der Waals surface area contributed by atoms with Crippen molar-refractivity contribution in [2.45, 2.75) is 18.9 Å². The van der Waals surface area contributed by atoms with E-state index in [-0.39, 0.29) is 0 Å². The number of methoxy groups -OCH3 is 2. The number of nitrogens with one attached hydrogen (secondary N) is 1. The van der Waals surface area contributed by atoms with Crippen LogP contribution < -0.4 is 14.8 Å². The van der Waals surface area contributed by atoms with E-state index in [0.717, 1.165) is 30.8 Å². The number of aromatic nitrogens is 3. The molecule has 1 aliphatic rings. The lowest BCUT2D eigenvalue weighted by molar-refractivity contribution is 0.341. The third-order valence-electron chi connectivity index (χ3n) is 3.83. The highest BCUT2D eigenvalue weighted by molar-refractivity contribution is 5.63. The molecule has 0 aliphatic carbocycles. The van der Waals surface area contributed by atoms with Crippen LogP contribution in [0.5, 0.6) is 11.5 Å². The first-order valence-electron chi connectivity index (χ1n) is 7.17. The monoisotopic (exact) mass is 288 g/mol. The maximum atomic E-state index is 5.33. The Morgan fingerprint density at radius 2 is 2.10 bits per heavy atom. The van der Waals surface area contributed by atoms with E-state index in [1.807, 2.05) is 29.1 Å². The van der Waals surface area contributed by atoms with Crippen LogP contribution in [0.3, 0.4) is 0 Å². The van der Waals surface area contributed by atoms with Crippen molar-refractivity contribution in [2.24, 2.45) is 0 Å². The smallest absolute Gasteiger partial charge is 0.161 e. The van der Waals surface area contributed by atoms with Gasteiger partial charge in [-0.1, -0.05) is 5.21 Å². The quantitative estimate of drug-likeness (QED) is 0.931. The molecule has 0 radical (unpaired) electrons. The van der Waals surface area contributed by atoms with Gasteiger partial charge in [-0.2, -0.15) is 0 Å². The number of rotatable bonds is 4. The molecule has 1 saturated heterocycles. The van der Waals surface area contributed by atoms with Gasteiger partial charge in [0.05, 0.1) is 26.5 Å². The van der Waals surface area contributed by atoms with E-state index in [4.69, 9.17) is 9.47 Å². The molecule has 1 fully saturated rings. The van der Waals surface area contributed by atoms with Crippen LogP contribution in [0.25, 0.3) is 11.3 Å². The summed E-state index contributed by atoms with van der Waals surface area (Å²) in [7, 11) is 3.26. The lowest BCUT2D eigenvalue weighted by Crippen LogP contribution is -2.31. The molecular weight excluding hydrogens is 268 g/mol. The zero-order chi connectivity index (χ0) is 14.7. The minimum absolute atomic E-state index is 0.389. The molecule has 0 spiro atoms. The third kappa shape index (κ3) is 2.85. The molecule has 1 aliphatic heterocycles. The number of nitrogens with zero attached hydrogens (tertiary/aromatic N) is 3. The molecule has 0 saturated carbocycles. The van der Waals surface area contributed by atoms with E-state index in [1.165, 1.54) is 6.42 Å². The van der Waals surface area contributed by atoms with Crippen LogP contribution in [-0.2, 0) is 0 Å². The van der Waals surface area contributed by atoms with Gasteiger partial charge >= 0.3 is 0 Å². The molecular formula is C15H20N4O2. The van der Waals surface area contributed by atoms with E-state index in [9.17, 15) is 0 Å². The van der Waals surface area contributed by atoms with E-state index in [0.29, 0.717) is 17.5 Å². The molecule has 3 rings (SSSR count). The topological polar surface area (TPSA) is 61.2 Å². The summed E-state index contributed by atoms with van der Waals surface area (Å²) in [5, 5.41) is 11.9. The van der Waals surface area contributed by atoms with Crippen LogP contribution in [0.4, 0.5) is 0 Å². The largest absolute Gasteiger partial charge is 0.493 e. The third-order valence-corrected chi connectivity index (χ3v) is 3.83. The Labute approximate surface area is 124 Å². The van der Waals surface area contributed by atoms with Gasteiger partial charge in [0, 0.05) is 12.1 Å². The van der Waals surface area contributed by atoms with Gasteiger partial charge in [-0.25, -0.2) is 4.68 Å². The Kier molecular flexibility index (Phi) is 4.06. The molecule has 1 aromatic carbocycles. The van der Waals surface area contributed by atoms with Crippen LogP contribution in [0.15, 0.2) is 24.4 Å². The minimum atomic E-state index is 0.389. The van der Waals surface area contributed by atoms with E-state index in [1.54, 1.807) is 14.2 Å². The first-order valence-corrected chi connectivity index (χ1v) is 7.17. The fourth-order valence-corrected chi connectivity index (χ4v) is 2.64. The van der Waals surface area contributed by atoms with Gasteiger partial charge in [-0.05, 0) is 37.6 Å². The van der Waals surface area contributed by atoms with Crippen LogP contribution in [0.2, 0.25) is 0 Å². The van der Waals surface area contributed by atoms with Gasteiger partial charge < -0.3 is 14.8 Å². The second kappa shape index (κ2) is 6.13. The summed E-state index contributed by atoms with van der Waals surface area (Å²) in [5.41, 5.74) is 1.82. The summed E-state index contributed by atoms with van der Waals surface area (Å²) >= 11 is 0. The van der Waals surface area contributed by atoms with Crippen molar-refractivity contribution in [2.75, 3.05) is 27.3 Å². The van der Waals surface area contributed by atoms with Crippen molar-refractivity contribution >= 4 is 0 Å². The van der Waals surface area contributed by atoms with Crippen molar-refractivity contribution in [3.8, 4) is 22.8 Å². The van der Waals surface area contributed by atoms with Gasteiger partial charge in [0.1, 0.15) is 5.69 Å². The maximum Gasteiger partial charge on any atom is 0.161 e. The Morgan fingerprint density at radius 1 is 1.24 bits per heavy atom. The highest BCUT2D eigenvalue weighted by Crippen LogP contribution is 2.31. The average Bonchev–Trinajstić information content (AvgIpc) is 3.05. The molecule has 6 heteroatoms. The number of hydrogen-bond donors (Lipinski definition) is 1. The van der Waals surface area contributed by atoms with Crippen molar-refractivity contribution in [1.82, 2.24) is 20.3 Å². The molecule has 1 atom stereocenters. The van der Waals surface area contributed by atoms with Crippen molar-refractivity contribution in [1.29, 1.82) is 0 Å². The zero-order valence-electron chi connectivity index (χ0n) is 12.4. The summed E-state index contributed by atoms with van der Waals surface area (Å²) in [4.78, 5) is 0. The van der Waals surface area contributed by atoms with Crippen LogP contribution in [0, 0.1) is 0 Å². The molecule has 0 amide bonds. The van der Waals surface area contributed by atoms with E-state index >= 15 is 0 Å². The number of piperidine rings is 1. The van der Waals surface area contributed by atoms with Crippen LogP contribution in [-0.4, -0.2) is 42.3 Å². The molecule has 1 aromatic heterocycles. The summed E-state index contributed by atoms with van der Waals surface area (Å²) in [6.45, 7) is 2.04. The second-order valence-electron chi connectivity index (χ2n) is 5.15. The SMILES string of the molecule is COc1ccc(-c2cn(C3CCCNC3)nn2)cc1OC. The molecule has 0 bridgehead atoms. The van der Waals surface area contributed by atoms with Gasteiger partial charge in [0.2, 0.25) is 0 Å². The summed E-state index contributed by atoms with van der Waals surface area (Å²) in [6, 6.07) is 6.16. The second-order valence-corrected chi connectivity index (χ2v) is 5.15. The Morgan fingerprint density at radius 3 is 2.81 bits per heavy atom. The lowest BCUT2D eigenvalue weighted by atomic mass is 10.1. The molecule has 1 unspecified atom stereocenters. The Balaban J connectivity index is 1.85. The average molecular weight is 288 g/mol. The van der Waals surface area contributed by atoms with Crippen molar-refractivity contribution < 1.29 is 9.47 Å². The van der Waals surface area contributed by atoms with Crippen molar-refractivity contribution in [3.05, 3.63) is 24.4 Å². The summed E-state index contributed by atoms with van der Waals surface area (Å²) in [6.07, 6.45) is 4.32. The molecule has 2 aromatic rings. The summed E-state index contributed by atoms with van der Waals surface area (Å²) in [5.74, 6) is 1.41. The Bertz CT molecular complexity index is 605. The van der Waals surface area contributed by atoms with Crippen LogP contribution in [0.1, 0.15) is 18.9 Å².